The number of nitrogens with zero attached hydrogens (tertiary/aromatic N) is 1. The molecule has 114 valence electrons. The molecule has 1 aromatic carbocycles. The predicted molar refractivity (Wildman–Crippen MR) is 83.2 cm³/mol. The van der Waals surface area contributed by atoms with Crippen LogP contribution in [0.2, 0.25) is 0 Å². The highest BCUT2D eigenvalue weighted by atomic mass is 32.2. The zero-order valence-corrected chi connectivity index (χ0v) is 13.5. The van der Waals surface area contributed by atoms with E-state index in [4.69, 9.17) is 0 Å². The second kappa shape index (κ2) is 8.39. The van der Waals surface area contributed by atoms with Gasteiger partial charge in [0.25, 0.3) is 0 Å². The van der Waals surface area contributed by atoms with E-state index in [2.05, 4.69) is 12.2 Å². The molecule has 4 nitrogen and oxygen atoms in total. The molecule has 0 radical (unpaired) electrons. The second-order valence-corrected chi connectivity index (χ2v) is 6.72. The maximum absolute atomic E-state index is 12.6. The van der Waals surface area contributed by atoms with Crippen molar-refractivity contribution in [3.05, 3.63) is 29.8 Å². The molecule has 0 saturated carbocycles. The average molecular weight is 298 g/mol. The first kappa shape index (κ1) is 17.1. The van der Waals surface area contributed by atoms with Crippen molar-refractivity contribution < 1.29 is 8.42 Å². The number of benzene rings is 1. The van der Waals surface area contributed by atoms with Gasteiger partial charge in [-0.1, -0.05) is 39.3 Å². The summed E-state index contributed by atoms with van der Waals surface area (Å²) >= 11 is 0. The van der Waals surface area contributed by atoms with Gasteiger partial charge in [0.15, 0.2) is 0 Å². The first-order valence-corrected chi connectivity index (χ1v) is 8.80. The SMILES string of the molecule is CCCCN(CC)S(=O)(=O)c1cccc(CNCC)c1. The van der Waals surface area contributed by atoms with Gasteiger partial charge in [0.2, 0.25) is 10.0 Å². The van der Waals surface area contributed by atoms with Gasteiger partial charge in [-0.15, -0.1) is 0 Å². The van der Waals surface area contributed by atoms with Gasteiger partial charge in [-0.3, -0.25) is 0 Å². The van der Waals surface area contributed by atoms with Crippen LogP contribution in [0.3, 0.4) is 0 Å². The van der Waals surface area contributed by atoms with Crippen molar-refractivity contribution in [1.29, 1.82) is 0 Å². The summed E-state index contributed by atoms with van der Waals surface area (Å²) < 4.78 is 26.8. The summed E-state index contributed by atoms with van der Waals surface area (Å²) in [5.74, 6) is 0. The number of hydrogen-bond acceptors (Lipinski definition) is 3. The highest BCUT2D eigenvalue weighted by Crippen LogP contribution is 2.17. The van der Waals surface area contributed by atoms with Crippen molar-refractivity contribution in [1.82, 2.24) is 9.62 Å². The molecule has 5 heteroatoms. The summed E-state index contributed by atoms with van der Waals surface area (Å²) in [5.41, 5.74) is 1.000. The van der Waals surface area contributed by atoms with Crippen LogP contribution in [0, 0.1) is 0 Å². The normalized spacial score (nSPS) is 12.0. The lowest BCUT2D eigenvalue weighted by Crippen LogP contribution is -2.32. The summed E-state index contributed by atoms with van der Waals surface area (Å²) in [7, 11) is -3.37. The molecule has 0 aliphatic rings. The van der Waals surface area contributed by atoms with Gasteiger partial charge in [-0.05, 0) is 30.7 Å². The molecular formula is C15H26N2O2S. The van der Waals surface area contributed by atoms with Crippen molar-refractivity contribution in [3.8, 4) is 0 Å². The van der Waals surface area contributed by atoms with Gasteiger partial charge in [0.1, 0.15) is 0 Å². The van der Waals surface area contributed by atoms with Crippen LogP contribution in [0.4, 0.5) is 0 Å². The van der Waals surface area contributed by atoms with E-state index >= 15 is 0 Å². The molecule has 0 unspecified atom stereocenters. The maximum atomic E-state index is 12.6. The Morgan fingerprint density at radius 2 is 1.95 bits per heavy atom. The fourth-order valence-electron chi connectivity index (χ4n) is 2.02. The fraction of sp³-hybridized carbons (Fsp3) is 0.600. The Hall–Kier alpha value is -0.910. The van der Waals surface area contributed by atoms with Gasteiger partial charge >= 0.3 is 0 Å². The van der Waals surface area contributed by atoms with Crippen molar-refractivity contribution in [3.63, 3.8) is 0 Å². The molecule has 1 aromatic rings. The molecule has 1 N–H and O–H groups in total. The molecule has 0 fully saturated rings. The van der Waals surface area contributed by atoms with Crippen LogP contribution in [0.25, 0.3) is 0 Å². The molecule has 0 atom stereocenters. The van der Waals surface area contributed by atoms with Crippen molar-refractivity contribution in [2.24, 2.45) is 0 Å². The van der Waals surface area contributed by atoms with Gasteiger partial charge in [-0.2, -0.15) is 4.31 Å². The molecule has 20 heavy (non-hydrogen) atoms. The van der Waals surface area contributed by atoms with E-state index in [-0.39, 0.29) is 0 Å². The molecule has 0 heterocycles. The Morgan fingerprint density at radius 3 is 2.55 bits per heavy atom. The zero-order chi connectivity index (χ0) is 15.0. The third kappa shape index (κ3) is 4.58. The molecule has 0 spiro atoms. The van der Waals surface area contributed by atoms with E-state index in [0.29, 0.717) is 24.5 Å². The minimum Gasteiger partial charge on any atom is -0.313 e. The Balaban J connectivity index is 2.95. The maximum Gasteiger partial charge on any atom is 0.243 e. The smallest absolute Gasteiger partial charge is 0.243 e. The molecular weight excluding hydrogens is 272 g/mol. The molecule has 0 bridgehead atoms. The van der Waals surface area contributed by atoms with Crippen LogP contribution < -0.4 is 5.32 Å². The van der Waals surface area contributed by atoms with Gasteiger partial charge in [0, 0.05) is 19.6 Å². The Kier molecular flexibility index (Phi) is 7.19. The van der Waals surface area contributed by atoms with Gasteiger partial charge in [0.05, 0.1) is 4.90 Å². The summed E-state index contributed by atoms with van der Waals surface area (Å²) in [4.78, 5) is 0.394. The summed E-state index contributed by atoms with van der Waals surface area (Å²) in [6, 6.07) is 7.21. The topological polar surface area (TPSA) is 49.4 Å². The van der Waals surface area contributed by atoms with Crippen LogP contribution >= 0.6 is 0 Å². The number of sulfonamides is 1. The van der Waals surface area contributed by atoms with Crippen LogP contribution in [-0.2, 0) is 16.6 Å². The number of hydrogen-bond donors (Lipinski definition) is 1. The number of rotatable bonds is 9. The van der Waals surface area contributed by atoms with Crippen LogP contribution in [0.5, 0.6) is 0 Å². The quantitative estimate of drug-likeness (QED) is 0.762. The minimum atomic E-state index is -3.37. The van der Waals surface area contributed by atoms with E-state index in [1.54, 1.807) is 16.4 Å². The summed E-state index contributed by atoms with van der Waals surface area (Å²) in [6.07, 6.45) is 1.89. The molecule has 0 aliphatic heterocycles. The first-order chi connectivity index (χ1) is 9.56. The summed E-state index contributed by atoms with van der Waals surface area (Å²) in [6.45, 7) is 8.65. The lowest BCUT2D eigenvalue weighted by molar-refractivity contribution is 0.419. The van der Waals surface area contributed by atoms with Crippen molar-refractivity contribution >= 4 is 10.0 Å². The van der Waals surface area contributed by atoms with E-state index in [0.717, 1.165) is 24.9 Å². The molecule has 0 aromatic heterocycles. The Morgan fingerprint density at radius 1 is 1.20 bits per heavy atom. The third-order valence-corrected chi connectivity index (χ3v) is 5.20. The average Bonchev–Trinajstić information content (AvgIpc) is 2.46. The second-order valence-electron chi connectivity index (χ2n) is 4.78. The Labute approximate surface area is 123 Å². The van der Waals surface area contributed by atoms with Crippen LogP contribution in [0.1, 0.15) is 39.2 Å². The van der Waals surface area contributed by atoms with Crippen LogP contribution in [0.15, 0.2) is 29.2 Å². The highest BCUT2D eigenvalue weighted by Gasteiger charge is 2.22. The molecule has 0 saturated heterocycles. The first-order valence-electron chi connectivity index (χ1n) is 7.36. The predicted octanol–water partition coefficient (Wildman–Crippen LogP) is 2.61. The zero-order valence-electron chi connectivity index (χ0n) is 12.7. The lowest BCUT2D eigenvalue weighted by atomic mass is 10.2. The van der Waals surface area contributed by atoms with Crippen molar-refractivity contribution in [2.75, 3.05) is 19.6 Å². The number of unbranched alkanes of at least 4 members (excludes halogenated alkanes) is 1. The van der Waals surface area contributed by atoms with E-state index < -0.39 is 10.0 Å². The fourth-order valence-corrected chi connectivity index (χ4v) is 3.58. The van der Waals surface area contributed by atoms with E-state index in [1.165, 1.54) is 0 Å². The molecule has 0 amide bonds. The standard InChI is InChI=1S/C15H26N2O2S/c1-4-7-11-17(6-3)20(18,19)15-10-8-9-14(12-15)13-16-5-2/h8-10,12,16H,4-7,11,13H2,1-3H3. The largest absolute Gasteiger partial charge is 0.313 e. The minimum absolute atomic E-state index is 0.394. The Bertz CT molecular complexity index is 500. The lowest BCUT2D eigenvalue weighted by Gasteiger charge is -2.20. The van der Waals surface area contributed by atoms with E-state index in [9.17, 15) is 8.42 Å². The van der Waals surface area contributed by atoms with Crippen molar-refractivity contribution in [2.45, 2.75) is 45.1 Å². The van der Waals surface area contributed by atoms with Gasteiger partial charge < -0.3 is 5.32 Å². The number of nitrogens with one attached hydrogen (secondary N) is 1. The summed E-state index contributed by atoms with van der Waals surface area (Å²) in [5, 5.41) is 3.21. The monoisotopic (exact) mass is 298 g/mol. The van der Waals surface area contributed by atoms with Crippen LogP contribution in [-0.4, -0.2) is 32.4 Å². The van der Waals surface area contributed by atoms with Gasteiger partial charge in [-0.25, -0.2) is 8.42 Å². The third-order valence-electron chi connectivity index (χ3n) is 3.23. The molecule has 1 rings (SSSR count). The molecule has 0 aliphatic carbocycles. The van der Waals surface area contributed by atoms with E-state index in [1.807, 2.05) is 26.0 Å². The highest BCUT2D eigenvalue weighted by molar-refractivity contribution is 7.89.